The SMILES string of the molecule is CCN(Cc1noc(C2CCC2)n1)C(=O)c1cc2c(s1)CCOC21CCNCC1.Cl. The number of carbonyl (C=O) groups is 1. The minimum absolute atomic E-state index is 0. The Morgan fingerprint density at radius 2 is 2.17 bits per heavy atom. The van der Waals surface area contributed by atoms with Gasteiger partial charge in [-0.1, -0.05) is 11.6 Å². The summed E-state index contributed by atoms with van der Waals surface area (Å²) in [7, 11) is 0. The Balaban J connectivity index is 0.00000218. The smallest absolute Gasteiger partial charge is 0.264 e. The molecule has 164 valence electrons. The number of aromatic nitrogens is 2. The van der Waals surface area contributed by atoms with Crippen LogP contribution in [0.3, 0.4) is 0 Å². The number of nitrogens with one attached hydrogen (secondary N) is 1. The molecule has 2 aromatic heterocycles. The number of hydrogen-bond donors (Lipinski definition) is 1. The normalized spacial score (nSPS) is 20.3. The van der Waals surface area contributed by atoms with Crippen molar-refractivity contribution >= 4 is 29.7 Å². The summed E-state index contributed by atoms with van der Waals surface area (Å²) in [6.45, 7) is 5.66. The van der Waals surface area contributed by atoms with E-state index in [-0.39, 0.29) is 23.9 Å². The van der Waals surface area contributed by atoms with Crippen LogP contribution in [0.5, 0.6) is 0 Å². The van der Waals surface area contributed by atoms with Crippen molar-refractivity contribution in [2.45, 2.75) is 63.5 Å². The quantitative estimate of drug-likeness (QED) is 0.746. The highest BCUT2D eigenvalue weighted by Crippen LogP contribution is 2.43. The number of nitrogens with zero attached hydrogens (tertiary/aromatic N) is 3. The summed E-state index contributed by atoms with van der Waals surface area (Å²) in [6.07, 6.45) is 6.30. The van der Waals surface area contributed by atoms with E-state index in [9.17, 15) is 4.79 Å². The monoisotopic (exact) mass is 452 g/mol. The maximum Gasteiger partial charge on any atom is 0.264 e. The van der Waals surface area contributed by atoms with Gasteiger partial charge in [0.1, 0.15) is 0 Å². The fraction of sp³-hybridized carbons (Fsp3) is 0.667. The van der Waals surface area contributed by atoms with Crippen molar-refractivity contribution in [3.05, 3.63) is 33.1 Å². The van der Waals surface area contributed by atoms with Gasteiger partial charge in [-0.05, 0) is 57.3 Å². The van der Waals surface area contributed by atoms with E-state index in [1.54, 1.807) is 11.3 Å². The van der Waals surface area contributed by atoms with Gasteiger partial charge in [0, 0.05) is 23.8 Å². The zero-order valence-electron chi connectivity index (χ0n) is 17.3. The highest BCUT2D eigenvalue weighted by Gasteiger charge is 2.41. The Bertz CT molecular complexity index is 889. The van der Waals surface area contributed by atoms with Crippen molar-refractivity contribution in [2.75, 3.05) is 26.2 Å². The lowest BCUT2D eigenvalue weighted by atomic mass is 9.83. The molecule has 2 fully saturated rings. The average molecular weight is 453 g/mol. The summed E-state index contributed by atoms with van der Waals surface area (Å²) >= 11 is 1.63. The van der Waals surface area contributed by atoms with Gasteiger partial charge in [-0.25, -0.2) is 0 Å². The number of piperidine rings is 1. The maximum atomic E-state index is 13.3. The molecule has 9 heteroatoms. The fourth-order valence-corrected chi connectivity index (χ4v) is 5.77. The minimum atomic E-state index is -0.212. The molecule has 4 heterocycles. The van der Waals surface area contributed by atoms with Crippen molar-refractivity contribution < 1.29 is 14.1 Å². The second-order valence-corrected chi connectivity index (χ2v) is 9.42. The number of carbonyl (C=O) groups excluding carboxylic acids is 1. The first-order chi connectivity index (χ1) is 14.2. The molecule has 1 N–H and O–H groups in total. The second-order valence-electron chi connectivity index (χ2n) is 8.29. The minimum Gasteiger partial charge on any atom is -0.370 e. The lowest BCUT2D eigenvalue weighted by Gasteiger charge is -2.40. The van der Waals surface area contributed by atoms with E-state index in [0.29, 0.717) is 24.8 Å². The number of halogens is 1. The molecule has 7 nitrogen and oxygen atoms in total. The lowest BCUT2D eigenvalue weighted by Crippen LogP contribution is -2.44. The zero-order valence-corrected chi connectivity index (χ0v) is 18.9. The van der Waals surface area contributed by atoms with Gasteiger partial charge < -0.3 is 19.5 Å². The zero-order chi connectivity index (χ0) is 19.8. The van der Waals surface area contributed by atoms with Gasteiger partial charge in [-0.2, -0.15) is 4.98 Å². The van der Waals surface area contributed by atoms with Crippen LogP contribution in [0.2, 0.25) is 0 Å². The highest BCUT2D eigenvalue weighted by atomic mass is 35.5. The number of amides is 1. The molecule has 1 spiro atoms. The number of ether oxygens (including phenoxy) is 1. The molecule has 0 bridgehead atoms. The lowest BCUT2D eigenvalue weighted by molar-refractivity contribution is -0.0792. The van der Waals surface area contributed by atoms with E-state index in [1.165, 1.54) is 16.9 Å². The molecular weight excluding hydrogens is 424 g/mol. The van der Waals surface area contributed by atoms with E-state index in [0.717, 1.165) is 62.6 Å². The molecule has 1 amide bonds. The predicted molar refractivity (Wildman–Crippen MR) is 116 cm³/mol. The number of hydrogen-bond acceptors (Lipinski definition) is 7. The molecule has 0 unspecified atom stereocenters. The van der Waals surface area contributed by atoms with Crippen LogP contribution in [-0.2, 0) is 23.3 Å². The summed E-state index contributed by atoms with van der Waals surface area (Å²) in [6, 6.07) is 2.09. The summed E-state index contributed by atoms with van der Waals surface area (Å²) < 4.78 is 11.7. The number of fused-ring (bicyclic) bond motifs is 2. The van der Waals surface area contributed by atoms with Gasteiger partial charge in [-0.3, -0.25) is 4.79 Å². The van der Waals surface area contributed by atoms with Crippen LogP contribution < -0.4 is 5.32 Å². The molecule has 30 heavy (non-hydrogen) atoms. The maximum absolute atomic E-state index is 13.3. The Morgan fingerprint density at radius 1 is 1.37 bits per heavy atom. The largest absolute Gasteiger partial charge is 0.370 e. The van der Waals surface area contributed by atoms with Crippen LogP contribution in [0.15, 0.2) is 10.6 Å². The van der Waals surface area contributed by atoms with Gasteiger partial charge >= 0.3 is 0 Å². The van der Waals surface area contributed by atoms with E-state index in [1.807, 2.05) is 11.8 Å². The first kappa shape index (κ1) is 21.7. The first-order valence-electron chi connectivity index (χ1n) is 10.8. The molecule has 1 aliphatic carbocycles. The fourth-order valence-electron chi connectivity index (χ4n) is 4.57. The molecule has 1 saturated heterocycles. The molecule has 2 aromatic rings. The Kier molecular flexibility index (Phi) is 6.48. The van der Waals surface area contributed by atoms with Crippen molar-refractivity contribution in [3.63, 3.8) is 0 Å². The molecular formula is C21H29ClN4O3S. The van der Waals surface area contributed by atoms with Gasteiger partial charge in [0.05, 0.1) is 23.6 Å². The van der Waals surface area contributed by atoms with E-state index >= 15 is 0 Å². The molecule has 1 saturated carbocycles. The van der Waals surface area contributed by atoms with Gasteiger partial charge in [-0.15, -0.1) is 23.7 Å². The van der Waals surface area contributed by atoms with Crippen LogP contribution in [0.25, 0.3) is 0 Å². The summed E-state index contributed by atoms with van der Waals surface area (Å²) in [5.74, 6) is 1.78. The summed E-state index contributed by atoms with van der Waals surface area (Å²) in [5, 5.41) is 7.53. The number of rotatable bonds is 5. The molecule has 0 radical (unpaired) electrons. The Morgan fingerprint density at radius 3 is 2.87 bits per heavy atom. The third-order valence-corrected chi connectivity index (χ3v) is 7.75. The number of thiophene rings is 1. The predicted octanol–water partition coefficient (Wildman–Crippen LogP) is 3.63. The van der Waals surface area contributed by atoms with Crippen LogP contribution in [0.4, 0.5) is 0 Å². The van der Waals surface area contributed by atoms with E-state index in [2.05, 4.69) is 21.5 Å². The summed E-state index contributed by atoms with van der Waals surface area (Å²) in [4.78, 5) is 21.7. The van der Waals surface area contributed by atoms with Crippen LogP contribution in [0, 0.1) is 0 Å². The molecule has 0 aromatic carbocycles. The van der Waals surface area contributed by atoms with Gasteiger partial charge in [0.25, 0.3) is 5.91 Å². The van der Waals surface area contributed by atoms with Crippen molar-refractivity contribution in [3.8, 4) is 0 Å². The molecule has 5 rings (SSSR count). The average Bonchev–Trinajstić information content (AvgIpc) is 3.33. The Hall–Kier alpha value is -1.48. The van der Waals surface area contributed by atoms with E-state index in [4.69, 9.17) is 9.26 Å². The Labute approximate surface area is 187 Å². The van der Waals surface area contributed by atoms with Crippen LogP contribution in [-0.4, -0.2) is 47.2 Å². The van der Waals surface area contributed by atoms with Gasteiger partial charge in [0.15, 0.2) is 5.82 Å². The van der Waals surface area contributed by atoms with Crippen LogP contribution >= 0.6 is 23.7 Å². The highest BCUT2D eigenvalue weighted by molar-refractivity contribution is 7.14. The molecule has 2 aliphatic heterocycles. The molecule has 3 aliphatic rings. The first-order valence-corrected chi connectivity index (χ1v) is 11.6. The summed E-state index contributed by atoms with van der Waals surface area (Å²) in [5.41, 5.74) is 1.03. The van der Waals surface area contributed by atoms with Crippen LogP contribution in [0.1, 0.15) is 76.8 Å². The van der Waals surface area contributed by atoms with E-state index < -0.39 is 0 Å². The topological polar surface area (TPSA) is 80.5 Å². The van der Waals surface area contributed by atoms with Crippen molar-refractivity contribution in [2.24, 2.45) is 0 Å². The van der Waals surface area contributed by atoms with Crippen molar-refractivity contribution in [1.29, 1.82) is 0 Å². The third-order valence-electron chi connectivity index (χ3n) is 6.57. The second kappa shape index (κ2) is 8.94. The molecule has 0 atom stereocenters. The van der Waals surface area contributed by atoms with Gasteiger partial charge in [0.2, 0.25) is 5.89 Å². The van der Waals surface area contributed by atoms with Crippen molar-refractivity contribution in [1.82, 2.24) is 20.4 Å². The standard InChI is InChI=1S/C21H28N4O3S.ClH/c1-2-25(13-18-23-19(28-24-18)14-4-3-5-14)20(26)17-12-15-16(29-17)6-11-27-21(15)7-9-22-10-8-21;/h12,14,22H,2-11,13H2,1H3;1H. The third kappa shape index (κ3) is 3.90.